The number of unbranched alkanes of at least 4 members (excludes halogenated alkanes) is 1. The zero-order valence-corrected chi connectivity index (χ0v) is 21.9. The van der Waals surface area contributed by atoms with Gasteiger partial charge in [-0.1, -0.05) is 42.0 Å². The Hall–Kier alpha value is -3.53. The van der Waals surface area contributed by atoms with Crippen LogP contribution >= 0.6 is 0 Å². The summed E-state index contributed by atoms with van der Waals surface area (Å²) in [6.45, 7) is 17.4. The Bertz CT molecular complexity index is 1090. The molecule has 0 saturated heterocycles. The predicted octanol–water partition coefficient (Wildman–Crippen LogP) is 7.90. The summed E-state index contributed by atoms with van der Waals surface area (Å²) in [4.78, 5) is 13.5. The Kier molecular flexibility index (Phi) is 8.75. The summed E-state index contributed by atoms with van der Waals surface area (Å²) in [5, 5.41) is 0. The van der Waals surface area contributed by atoms with E-state index in [0.717, 1.165) is 24.3 Å². The van der Waals surface area contributed by atoms with Crippen molar-refractivity contribution in [2.24, 2.45) is 0 Å². The van der Waals surface area contributed by atoms with Crippen LogP contribution in [0.4, 0.5) is 17.1 Å². The highest BCUT2D eigenvalue weighted by molar-refractivity contribution is 5.84. The Labute approximate surface area is 210 Å². The zero-order valence-electron chi connectivity index (χ0n) is 21.9. The molecule has 35 heavy (non-hydrogen) atoms. The van der Waals surface area contributed by atoms with E-state index in [2.05, 4.69) is 89.4 Å². The Balaban J connectivity index is 1.86. The first kappa shape index (κ1) is 26.1. The molecule has 0 amide bonds. The van der Waals surface area contributed by atoms with Crippen molar-refractivity contribution >= 4 is 23.0 Å². The van der Waals surface area contributed by atoms with Crippen LogP contribution in [0.25, 0.3) is 0 Å². The third-order valence-electron chi connectivity index (χ3n) is 6.03. The third kappa shape index (κ3) is 6.54. The number of rotatable bonds is 10. The van der Waals surface area contributed by atoms with Gasteiger partial charge in [-0.05, 0) is 101 Å². The monoisotopic (exact) mass is 471 g/mol. The van der Waals surface area contributed by atoms with Crippen LogP contribution in [0, 0.1) is 41.5 Å². The molecule has 0 bridgehead atoms. The second kappa shape index (κ2) is 11.7. The molecule has 3 aromatic rings. The van der Waals surface area contributed by atoms with Gasteiger partial charge in [0.25, 0.3) is 0 Å². The van der Waals surface area contributed by atoms with E-state index in [9.17, 15) is 4.79 Å². The fourth-order valence-corrected chi connectivity index (χ4v) is 4.74. The van der Waals surface area contributed by atoms with Gasteiger partial charge in [-0.3, -0.25) is 0 Å². The smallest absolute Gasteiger partial charge is 0.330 e. The van der Waals surface area contributed by atoms with Crippen molar-refractivity contribution in [3.05, 3.63) is 94.6 Å². The van der Waals surface area contributed by atoms with Crippen molar-refractivity contribution in [2.75, 3.05) is 18.1 Å². The summed E-state index contributed by atoms with van der Waals surface area (Å²) in [5.74, 6) is 0.440. The lowest BCUT2D eigenvalue weighted by molar-refractivity contribution is -0.137. The molecule has 0 unspecified atom stereocenters. The first-order valence-corrected chi connectivity index (χ1v) is 12.2. The number of carbonyl (C=O) groups is 1. The van der Waals surface area contributed by atoms with Crippen LogP contribution in [0.3, 0.4) is 0 Å². The Morgan fingerprint density at radius 2 is 1.23 bits per heavy atom. The lowest BCUT2D eigenvalue weighted by Gasteiger charge is -2.32. The average Bonchev–Trinajstić information content (AvgIpc) is 2.79. The summed E-state index contributed by atoms with van der Waals surface area (Å²) >= 11 is 0. The number of nitrogens with zero attached hydrogens (tertiary/aromatic N) is 1. The van der Waals surface area contributed by atoms with E-state index in [-0.39, 0.29) is 5.97 Å². The fraction of sp³-hybridized carbons (Fsp3) is 0.323. The van der Waals surface area contributed by atoms with E-state index in [0.29, 0.717) is 13.2 Å². The first-order chi connectivity index (χ1) is 16.7. The molecule has 3 rings (SSSR count). The van der Waals surface area contributed by atoms with E-state index in [1.165, 1.54) is 50.8 Å². The second-order valence-corrected chi connectivity index (χ2v) is 9.25. The van der Waals surface area contributed by atoms with Crippen molar-refractivity contribution in [3.63, 3.8) is 0 Å². The van der Waals surface area contributed by atoms with Gasteiger partial charge < -0.3 is 14.4 Å². The summed E-state index contributed by atoms with van der Waals surface area (Å²) in [5.41, 5.74) is 11.1. The quantitative estimate of drug-likeness (QED) is 0.171. The maximum Gasteiger partial charge on any atom is 0.330 e. The number of benzene rings is 3. The van der Waals surface area contributed by atoms with Crippen LogP contribution in [0.5, 0.6) is 5.75 Å². The minimum absolute atomic E-state index is 0.382. The molecule has 0 aliphatic heterocycles. The summed E-state index contributed by atoms with van der Waals surface area (Å²) in [6, 6.07) is 17.3. The SMILES string of the molecule is C=CC(=O)OCCCCOc1ccc(N(c2c(C)cc(C)cc2C)c2c(C)cc(C)cc2C)cc1. The number of aryl methyl sites for hydroxylation is 6. The normalized spacial score (nSPS) is 10.7. The van der Waals surface area contributed by atoms with Crippen LogP contribution in [-0.2, 0) is 9.53 Å². The van der Waals surface area contributed by atoms with Crippen molar-refractivity contribution in [3.8, 4) is 5.75 Å². The van der Waals surface area contributed by atoms with Gasteiger partial charge in [-0.15, -0.1) is 0 Å². The van der Waals surface area contributed by atoms with Crippen molar-refractivity contribution in [1.29, 1.82) is 0 Å². The molecule has 0 aliphatic carbocycles. The van der Waals surface area contributed by atoms with E-state index in [1.54, 1.807) is 0 Å². The molecule has 4 nitrogen and oxygen atoms in total. The minimum Gasteiger partial charge on any atom is -0.494 e. The predicted molar refractivity (Wildman–Crippen MR) is 145 cm³/mol. The third-order valence-corrected chi connectivity index (χ3v) is 6.03. The molecule has 0 fully saturated rings. The van der Waals surface area contributed by atoms with Gasteiger partial charge in [0.15, 0.2) is 0 Å². The van der Waals surface area contributed by atoms with E-state index >= 15 is 0 Å². The molecule has 0 aromatic heterocycles. The van der Waals surface area contributed by atoms with E-state index < -0.39 is 0 Å². The molecule has 0 N–H and O–H groups in total. The van der Waals surface area contributed by atoms with Crippen LogP contribution in [-0.4, -0.2) is 19.2 Å². The highest BCUT2D eigenvalue weighted by Crippen LogP contribution is 2.42. The zero-order chi connectivity index (χ0) is 25.5. The fourth-order valence-electron chi connectivity index (χ4n) is 4.74. The first-order valence-electron chi connectivity index (χ1n) is 12.2. The molecular formula is C31H37NO3. The molecule has 0 spiro atoms. The standard InChI is InChI=1S/C31H37NO3/c1-8-29(33)35-16-10-9-15-34-28-13-11-27(12-14-28)32(30-23(4)17-21(2)18-24(30)5)31-25(6)19-22(3)20-26(31)7/h8,11-14,17-20H,1,9-10,15-16H2,2-7H3. The van der Waals surface area contributed by atoms with Gasteiger partial charge in [-0.2, -0.15) is 0 Å². The van der Waals surface area contributed by atoms with Crippen LogP contribution < -0.4 is 9.64 Å². The van der Waals surface area contributed by atoms with Gasteiger partial charge in [0.05, 0.1) is 24.6 Å². The van der Waals surface area contributed by atoms with Gasteiger partial charge in [0.2, 0.25) is 0 Å². The summed E-state index contributed by atoms with van der Waals surface area (Å²) < 4.78 is 10.9. The average molecular weight is 472 g/mol. The Morgan fingerprint density at radius 3 is 1.69 bits per heavy atom. The maximum absolute atomic E-state index is 11.1. The molecule has 0 radical (unpaired) electrons. The van der Waals surface area contributed by atoms with Gasteiger partial charge in [0.1, 0.15) is 5.75 Å². The number of esters is 1. The molecule has 0 heterocycles. The number of carbonyl (C=O) groups excluding carboxylic acids is 1. The molecule has 0 atom stereocenters. The molecule has 0 saturated carbocycles. The number of ether oxygens (including phenoxy) is 2. The Morgan fingerprint density at radius 1 is 0.771 bits per heavy atom. The van der Waals surface area contributed by atoms with Crippen LogP contribution in [0.2, 0.25) is 0 Å². The topological polar surface area (TPSA) is 38.8 Å². The van der Waals surface area contributed by atoms with E-state index in [4.69, 9.17) is 9.47 Å². The molecule has 4 heteroatoms. The van der Waals surface area contributed by atoms with Crippen molar-refractivity contribution < 1.29 is 14.3 Å². The van der Waals surface area contributed by atoms with Crippen LogP contribution in [0.15, 0.2) is 61.2 Å². The highest BCUT2D eigenvalue weighted by Gasteiger charge is 2.21. The van der Waals surface area contributed by atoms with Gasteiger partial charge in [-0.25, -0.2) is 4.79 Å². The molecular weight excluding hydrogens is 434 g/mol. The minimum atomic E-state index is -0.385. The summed E-state index contributed by atoms with van der Waals surface area (Å²) in [7, 11) is 0. The van der Waals surface area contributed by atoms with Gasteiger partial charge in [0, 0.05) is 11.8 Å². The van der Waals surface area contributed by atoms with Crippen molar-refractivity contribution in [2.45, 2.75) is 54.4 Å². The lowest BCUT2D eigenvalue weighted by Crippen LogP contribution is -2.16. The van der Waals surface area contributed by atoms with E-state index in [1.807, 2.05) is 12.1 Å². The largest absolute Gasteiger partial charge is 0.494 e. The number of anilines is 3. The number of hydrogen-bond donors (Lipinski definition) is 0. The summed E-state index contributed by atoms with van der Waals surface area (Å²) in [6.07, 6.45) is 2.74. The number of hydrogen-bond acceptors (Lipinski definition) is 4. The lowest BCUT2D eigenvalue weighted by atomic mass is 9.99. The second-order valence-electron chi connectivity index (χ2n) is 9.25. The molecule has 184 valence electrons. The molecule has 3 aromatic carbocycles. The highest BCUT2D eigenvalue weighted by atomic mass is 16.5. The van der Waals surface area contributed by atoms with Crippen LogP contribution in [0.1, 0.15) is 46.2 Å². The van der Waals surface area contributed by atoms with Gasteiger partial charge >= 0.3 is 5.97 Å². The maximum atomic E-state index is 11.1. The molecule has 0 aliphatic rings. The van der Waals surface area contributed by atoms with Crippen molar-refractivity contribution in [1.82, 2.24) is 0 Å².